The van der Waals surface area contributed by atoms with Crippen molar-refractivity contribution in [3.8, 4) is 5.88 Å². The first kappa shape index (κ1) is 16.2. The Morgan fingerprint density at radius 1 is 1.30 bits per heavy atom. The van der Waals surface area contributed by atoms with E-state index >= 15 is 0 Å². The van der Waals surface area contributed by atoms with Crippen LogP contribution in [0.1, 0.15) is 32.9 Å². The van der Waals surface area contributed by atoms with Crippen molar-refractivity contribution in [2.75, 3.05) is 31.6 Å². The fourth-order valence-electron chi connectivity index (χ4n) is 1.74. The summed E-state index contributed by atoms with van der Waals surface area (Å²) in [5.41, 5.74) is 0.809. The number of aryl methyl sites for hydroxylation is 1. The molecule has 0 aliphatic heterocycles. The van der Waals surface area contributed by atoms with Crippen molar-refractivity contribution in [2.24, 2.45) is 0 Å². The number of ether oxygens (including phenoxy) is 1. The molecule has 1 heterocycles. The summed E-state index contributed by atoms with van der Waals surface area (Å²) in [6.45, 7) is 10.1. The average Bonchev–Trinajstić information content (AvgIpc) is 2.43. The molecule has 1 N–H and O–H groups in total. The monoisotopic (exact) mass is 280 g/mol. The van der Waals surface area contributed by atoms with Crippen LogP contribution < -0.4 is 10.1 Å². The van der Waals surface area contributed by atoms with E-state index in [2.05, 4.69) is 15.3 Å². The lowest BCUT2D eigenvalue weighted by molar-refractivity contribution is -0.128. The van der Waals surface area contributed by atoms with E-state index in [1.165, 1.54) is 0 Å². The van der Waals surface area contributed by atoms with E-state index < -0.39 is 0 Å². The maximum Gasteiger partial charge on any atom is 0.241 e. The number of amides is 1. The Balaban J connectivity index is 2.63. The Morgan fingerprint density at radius 3 is 2.60 bits per heavy atom. The van der Waals surface area contributed by atoms with E-state index in [0.717, 1.165) is 12.1 Å². The van der Waals surface area contributed by atoms with Crippen molar-refractivity contribution in [1.29, 1.82) is 0 Å². The van der Waals surface area contributed by atoms with Gasteiger partial charge in [-0.3, -0.25) is 4.79 Å². The zero-order valence-electron chi connectivity index (χ0n) is 12.8. The molecule has 6 nitrogen and oxygen atoms in total. The predicted molar refractivity (Wildman–Crippen MR) is 79.0 cm³/mol. The standard InChI is InChI=1S/C14H24N4O2/c1-5-8-20-12-9-11(4)16-14(17-12)15-10-13(19)18(6-2)7-3/h9H,5-8,10H2,1-4H3,(H,15,16,17). The lowest BCUT2D eigenvalue weighted by Gasteiger charge is -2.18. The molecule has 6 heteroatoms. The Hall–Kier alpha value is -1.85. The van der Waals surface area contributed by atoms with Gasteiger partial charge in [0, 0.05) is 24.8 Å². The molecule has 0 aliphatic rings. The minimum Gasteiger partial charge on any atom is -0.478 e. The SMILES string of the molecule is CCCOc1cc(C)nc(NCC(=O)N(CC)CC)n1. The van der Waals surface area contributed by atoms with E-state index in [9.17, 15) is 4.79 Å². The Morgan fingerprint density at radius 2 is 2.00 bits per heavy atom. The van der Waals surface area contributed by atoms with E-state index in [1.54, 1.807) is 11.0 Å². The molecule has 1 aromatic rings. The van der Waals surface area contributed by atoms with Crippen molar-refractivity contribution in [3.05, 3.63) is 11.8 Å². The van der Waals surface area contributed by atoms with Gasteiger partial charge in [0.15, 0.2) is 0 Å². The first-order valence-corrected chi connectivity index (χ1v) is 7.10. The molecule has 20 heavy (non-hydrogen) atoms. The Kier molecular flexibility index (Phi) is 6.76. The van der Waals surface area contributed by atoms with Crippen LogP contribution in [-0.2, 0) is 4.79 Å². The Labute approximate surface area is 120 Å². The van der Waals surface area contributed by atoms with Gasteiger partial charge in [0.25, 0.3) is 0 Å². The molecule has 0 atom stereocenters. The second kappa shape index (κ2) is 8.35. The van der Waals surface area contributed by atoms with Gasteiger partial charge in [0.2, 0.25) is 17.7 Å². The summed E-state index contributed by atoms with van der Waals surface area (Å²) in [5.74, 6) is 1.00. The highest BCUT2D eigenvalue weighted by Gasteiger charge is 2.10. The normalized spacial score (nSPS) is 10.2. The van der Waals surface area contributed by atoms with Crippen LogP contribution >= 0.6 is 0 Å². The Bertz CT molecular complexity index is 433. The van der Waals surface area contributed by atoms with Crippen LogP contribution in [0.3, 0.4) is 0 Å². The van der Waals surface area contributed by atoms with Crippen LogP contribution in [0.15, 0.2) is 6.07 Å². The van der Waals surface area contributed by atoms with Gasteiger partial charge in [0.1, 0.15) is 0 Å². The molecule has 0 aromatic carbocycles. The molecule has 1 rings (SSSR count). The van der Waals surface area contributed by atoms with Crippen LogP contribution in [0, 0.1) is 6.92 Å². The zero-order valence-corrected chi connectivity index (χ0v) is 12.8. The summed E-state index contributed by atoms with van der Waals surface area (Å²) in [6, 6.07) is 1.78. The second-order valence-corrected chi connectivity index (χ2v) is 4.44. The lowest BCUT2D eigenvalue weighted by Crippen LogP contribution is -2.35. The number of nitrogens with one attached hydrogen (secondary N) is 1. The predicted octanol–water partition coefficient (Wildman–Crippen LogP) is 1.85. The molecule has 0 unspecified atom stereocenters. The third kappa shape index (κ3) is 5.03. The summed E-state index contributed by atoms with van der Waals surface area (Å²) in [7, 11) is 0. The zero-order chi connectivity index (χ0) is 15.0. The number of likely N-dealkylation sites (N-methyl/N-ethyl adjacent to an activating group) is 1. The molecule has 0 aliphatic carbocycles. The van der Waals surface area contributed by atoms with Crippen LogP contribution in [0.5, 0.6) is 5.88 Å². The molecular formula is C14H24N4O2. The molecule has 112 valence electrons. The van der Waals surface area contributed by atoms with E-state index in [-0.39, 0.29) is 12.5 Å². The molecule has 1 amide bonds. The van der Waals surface area contributed by atoms with Gasteiger partial charge in [-0.05, 0) is 27.2 Å². The summed E-state index contributed by atoms with van der Waals surface area (Å²) in [6.07, 6.45) is 0.923. The van der Waals surface area contributed by atoms with Gasteiger partial charge in [-0.25, -0.2) is 4.98 Å². The fourth-order valence-corrected chi connectivity index (χ4v) is 1.74. The maximum atomic E-state index is 11.9. The van der Waals surface area contributed by atoms with Crippen molar-refractivity contribution in [3.63, 3.8) is 0 Å². The number of carbonyl (C=O) groups is 1. The van der Waals surface area contributed by atoms with Gasteiger partial charge in [0.05, 0.1) is 13.2 Å². The van der Waals surface area contributed by atoms with Crippen molar-refractivity contribution in [2.45, 2.75) is 34.1 Å². The van der Waals surface area contributed by atoms with Crippen molar-refractivity contribution < 1.29 is 9.53 Å². The van der Waals surface area contributed by atoms with Gasteiger partial charge >= 0.3 is 0 Å². The molecule has 0 fully saturated rings. The molecule has 0 radical (unpaired) electrons. The largest absolute Gasteiger partial charge is 0.478 e. The first-order chi connectivity index (χ1) is 9.60. The van der Waals surface area contributed by atoms with Gasteiger partial charge < -0.3 is 15.0 Å². The van der Waals surface area contributed by atoms with Gasteiger partial charge in [-0.2, -0.15) is 4.98 Å². The first-order valence-electron chi connectivity index (χ1n) is 7.10. The second-order valence-electron chi connectivity index (χ2n) is 4.44. The van der Waals surface area contributed by atoms with Crippen LogP contribution in [-0.4, -0.2) is 47.0 Å². The van der Waals surface area contributed by atoms with E-state index in [4.69, 9.17) is 4.74 Å². The van der Waals surface area contributed by atoms with E-state index in [1.807, 2.05) is 27.7 Å². The minimum absolute atomic E-state index is 0.0381. The number of nitrogens with zero attached hydrogens (tertiary/aromatic N) is 3. The van der Waals surface area contributed by atoms with Gasteiger partial charge in [-0.15, -0.1) is 0 Å². The van der Waals surface area contributed by atoms with Gasteiger partial charge in [-0.1, -0.05) is 6.92 Å². The third-order valence-corrected chi connectivity index (χ3v) is 2.80. The maximum absolute atomic E-state index is 11.9. The smallest absolute Gasteiger partial charge is 0.241 e. The topological polar surface area (TPSA) is 67.3 Å². The summed E-state index contributed by atoms with van der Waals surface area (Å²) in [5, 5.41) is 2.96. The molecule has 0 spiro atoms. The van der Waals surface area contributed by atoms with Crippen LogP contribution in [0.4, 0.5) is 5.95 Å². The summed E-state index contributed by atoms with van der Waals surface area (Å²) in [4.78, 5) is 22.1. The highest BCUT2D eigenvalue weighted by molar-refractivity contribution is 5.80. The summed E-state index contributed by atoms with van der Waals surface area (Å²) >= 11 is 0. The molecule has 0 saturated carbocycles. The molecule has 0 saturated heterocycles. The lowest BCUT2D eigenvalue weighted by atomic mass is 10.4. The summed E-state index contributed by atoms with van der Waals surface area (Å²) < 4.78 is 5.49. The number of carbonyl (C=O) groups excluding carboxylic acids is 1. The number of hydrogen-bond donors (Lipinski definition) is 1. The fraction of sp³-hybridized carbons (Fsp3) is 0.643. The molecule has 1 aromatic heterocycles. The highest BCUT2D eigenvalue weighted by atomic mass is 16.5. The highest BCUT2D eigenvalue weighted by Crippen LogP contribution is 2.12. The third-order valence-electron chi connectivity index (χ3n) is 2.80. The quantitative estimate of drug-likeness (QED) is 0.787. The molecule has 0 bridgehead atoms. The number of rotatable bonds is 8. The van der Waals surface area contributed by atoms with Crippen LogP contribution in [0.25, 0.3) is 0 Å². The number of hydrogen-bond acceptors (Lipinski definition) is 5. The average molecular weight is 280 g/mol. The van der Waals surface area contributed by atoms with E-state index in [0.29, 0.717) is 31.5 Å². The van der Waals surface area contributed by atoms with Crippen LogP contribution in [0.2, 0.25) is 0 Å². The molecular weight excluding hydrogens is 256 g/mol. The van der Waals surface area contributed by atoms with Crippen molar-refractivity contribution >= 4 is 11.9 Å². The number of aromatic nitrogens is 2. The minimum atomic E-state index is 0.0381. The van der Waals surface area contributed by atoms with Crippen molar-refractivity contribution in [1.82, 2.24) is 14.9 Å². The number of anilines is 1.